The molecule has 130 valence electrons. The zero-order chi connectivity index (χ0) is 17.7. The Hall–Kier alpha value is -1.73. The van der Waals surface area contributed by atoms with Crippen LogP contribution < -0.4 is 4.74 Å². The Morgan fingerprint density at radius 3 is 2.79 bits per heavy atom. The van der Waals surface area contributed by atoms with Crippen LogP contribution in [0.2, 0.25) is 5.02 Å². The number of methoxy groups -OCH3 is 1. The summed E-state index contributed by atoms with van der Waals surface area (Å²) in [5.41, 5.74) is 0.953. The average molecular weight is 370 g/mol. The molecule has 6 nitrogen and oxygen atoms in total. The van der Waals surface area contributed by atoms with Gasteiger partial charge in [0.2, 0.25) is 0 Å². The van der Waals surface area contributed by atoms with Gasteiger partial charge in [-0.3, -0.25) is 4.79 Å². The van der Waals surface area contributed by atoms with E-state index < -0.39 is 0 Å². The lowest BCUT2D eigenvalue weighted by Crippen LogP contribution is -2.16. The SMILES string of the molecule is CCn1c(COc2ccc(Cl)c(C)c2)nnc1S[C@@H](C)C(=O)OC. The van der Waals surface area contributed by atoms with Crippen LogP contribution in [0.3, 0.4) is 0 Å². The van der Waals surface area contributed by atoms with Gasteiger partial charge >= 0.3 is 5.97 Å². The van der Waals surface area contributed by atoms with Gasteiger partial charge in [0.15, 0.2) is 11.0 Å². The monoisotopic (exact) mass is 369 g/mol. The third kappa shape index (κ3) is 4.42. The van der Waals surface area contributed by atoms with Gasteiger partial charge < -0.3 is 14.0 Å². The number of aryl methyl sites for hydroxylation is 1. The fourth-order valence-corrected chi connectivity index (χ4v) is 3.13. The van der Waals surface area contributed by atoms with E-state index in [1.807, 2.05) is 30.5 Å². The van der Waals surface area contributed by atoms with Crippen LogP contribution >= 0.6 is 23.4 Å². The highest BCUT2D eigenvalue weighted by Crippen LogP contribution is 2.25. The first-order valence-corrected chi connectivity index (χ1v) is 8.77. The molecule has 0 bridgehead atoms. The maximum atomic E-state index is 11.6. The molecule has 0 amide bonds. The van der Waals surface area contributed by atoms with Crippen molar-refractivity contribution in [1.29, 1.82) is 0 Å². The van der Waals surface area contributed by atoms with E-state index in [1.165, 1.54) is 18.9 Å². The van der Waals surface area contributed by atoms with E-state index in [1.54, 1.807) is 13.0 Å². The second kappa shape index (κ2) is 8.39. The van der Waals surface area contributed by atoms with Crippen LogP contribution in [0.5, 0.6) is 5.75 Å². The standard InChI is InChI=1S/C16H20ClN3O3S/c1-5-20-14(9-23-12-6-7-13(17)10(2)8-12)18-19-16(20)24-11(3)15(21)22-4/h6-8,11H,5,9H2,1-4H3/t11-/m0/s1. The lowest BCUT2D eigenvalue weighted by atomic mass is 10.2. The summed E-state index contributed by atoms with van der Waals surface area (Å²) in [5.74, 6) is 1.13. The largest absolute Gasteiger partial charge is 0.486 e. The number of hydrogen-bond acceptors (Lipinski definition) is 6. The summed E-state index contributed by atoms with van der Waals surface area (Å²) in [6.45, 7) is 6.66. The van der Waals surface area contributed by atoms with Gasteiger partial charge in [-0.25, -0.2) is 0 Å². The minimum atomic E-state index is -0.350. The first kappa shape index (κ1) is 18.6. The number of hydrogen-bond donors (Lipinski definition) is 0. The number of aromatic nitrogens is 3. The molecule has 1 aromatic carbocycles. The molecule has 0 saturated carbocycles. The van der Waals surface area contributed by atoms with Gasteiger partial charge in [-0.15, -0.1) is 10.2 Å². The number of rotatable bonds is 7. The minimum Gasteiger partial charge on any atom is -0.486 e. The zero-order valence-corrected chi connectivity index (χ0v) is 15.6. The molecular weight excluding hydrogens is 350 g/mol. The van der Waals surface area contributed by atoms with Crippen LogP contribution in [0.15, 0.2) is 23.4 Å². The molecule has 0 aliphatic carbocycles. The van der Waals surface area contributed by atoms with E-state index in [0.29, 0.717) is 22.5 Å². The molecule has 1 heterocycles. The number of thioether (sulfide) groups is 1. The molecule has 1 atom stereocenters. The van der Waals surface area contributed by atoms with Crippen LogP contribution in [-0.2, 0) is 22.7 Å². The van der Waals surface area contributed by atoms with E-state index in [2.05, 4.69) is 10.2 Å². The van der Waals surface area contributed by atoms with Crippen LogP contribution in [0.4, 0.5) is 0 Å². The molecule has 0 aliphatic heterocycles. The lowest BCUT2D eigenvalue weighted by molar-refractivity contribution is -0.139. The normalized spacial score (nSPS) is 12.0. The number of esters is 1. The molecular formula is C16H20ClN3O3S. The molecule has 0 N–H and O–H groups in total. The van der Waals surface area contributed by atoms with E-state index in [4.69, 9.17) is 21.1 Å². The molecule has 8 heteroatoms. The third-order valence-electron chi connectivity index (χ3n) is 3.42. The van der Waals surface area contributed by atoms with Crippen molar-refractivity contribution < 1.29 is 14.3 Å². The summed E-state index contributed by atoms with van der Waals surface area (Å²) in [6, 6.07) is 5.50. The first-order valence-electron chi connectivity index (χ1n) is 7.51. The Kier molecular flexibility index (Phi) is 6.51. The van der Waals surface area contributed by atoms with Crippen molar-refractivity contribution in [3.05, 3.63) is 34.6 Å². The molecule has 1 aromatic heterocycles. The Morgan fingerprint density at radius 1 is 1.42 bits per heavy atom. The highest BCUT2D eigenvalue weighted by molar-refractivity contribution is 8.00. The zero-order valence-electron chi connectivity index (χ0n) is 14.1. The van der Waals surface area contributed by atoms with Crippen LogP contribution in [0.25, 0.3) is 0 Å². The molecule has 0 spiro atoms. The van der Waals surface area contributed by atoms with Gasteiger partial charge in [0.05, 0.1) is 7.11 Å². The van der Waals surface area contributed by atoms with E-state index in [-0.39, 0.29) is 17.8 Å². The van der Waals surface area contributed by atoms with Crippen molar-refractivity contribution in [2.45, 2.75) is 44.3 Å². The number of nitrogens with zero attached hydrogens (tertiary/aromatic N) is 3. The third-order valence-corrected chi connectivity index (χ3v) is 4.91. The summed E-state index contributed by atoms with van der Waals surface area (Å²) in [4.78, 5) is 11.6. The highest BCUT2D eigenvalue weighted by atomic mass is 35.5. The minimum absolute atomic E-state index is 0.287. The molecule has 2 aromatic rings. The number of halogens is 1. The molecule has 0 aliphatic rings. The molecule has 24 heavy (non-hydrogen) atoms. The maximum Gasteiger partial charge on any atom is 0.318 e. The Morgan fingerprint density at radius 2 is 2.17 bits per heavy atom. The predicted octanol–water partition coefficient (Wildman–Crippen LogP) is 3.49. The van der Waals surface area contributed by atoms with E-state index in [9.17, 15) is 4.79 Å². The number of benzene rings is 1. The second-order valence-electron chi connectivity index (χ2n) is 5.13. The smallest absolute Gasteiger partial charge is 0.318 e. The van der Waals surface area contributed by atoms with Crippen molar-refractivity contribution in [2.75, 3.05) is 7.11 Å². The molecule has 0 radical (unpaired) electrons. The first-order chi connectivity index (χ1) is 11.5. The van der Waals surface area contributed by atoms with Gasteiger partial charge in [-0.2, -0.15) is 0 Å². The van der Waals surface area contributed by atoms with Crippen molar-refractivity contribution in [1.82, 2.24) is 14.8 Å². The summed E-state index contributed by atoms with van der Waals surface area (Å²) in [6.07, 6.45) is 0. The van der Waals surface area contributed by atoms with Gasteiger partial charge in [0.1, 0.15) is 17.6 Å². The lowest BCUT2D eigenvalue weighted by Gasteiger charge is -2.11. The summed E-state index contributed by atoms with van der Waals surface area (Å²) in [7, 11) is 1.37. The maximum absolute atomic E-state index is 11.6. The average Bonchev–Trinajstić information content (AvgIpc) is 2.96. The fourth-order valence-electron chi connectivity index (χ4n) is 2.06. The van der Waals surface area contributed by atoms with Crippen LogP contribution in [-0.4, -0.2) is 33.1 Å². The van der Waals surface area contributed by atoms with Gasteiger partial charge in [-0.1, -0.05) is 23.4 Å². The van der Waals surface area contributed by atoms with Crippen molar-refractivity contribution in [2.24, 2.45) is 0 Å². The van der Waals surface area contributed by atoms with Crippen LogP contribution in [0.1, 0.15) is 25.2 Å². The van der Waals surface area contributed by atoms with Crippen molar-refractivity contribution >= 4 is 29.3 Å². The Bertz CT molecular complexity index is 721. The highest BCUT2D eigenvalue weighted by Gasteiger charge is 2.20. The van der Waals surface area contributed by atoms with Crippen molar-refractivity contribution in [3.63, 3.8) is 0 Å². The molecule has 2 rings (SSSR count). The second-order valence-corrected chi connectivity index (χ2v) is 6.84. The van der Waals surface area contributed by atoms with E-state index >= 15 is 0 Å². The summed E-state index contributed by atoms with van der Waals surface area (Å²) >= 11 is 7.33. The van der Waals surface area contributed by atoms with Gasteiger partial charge in [0, 0.05) is 11.6 Å². The van der Waals surface area contributed by atoms with Gasteiger partial charge in [-0.05, 0) is 44.5 Å². The fraction of sp³-hybridized carbons (Fsp3) is 0.438. The number of carbonyl (C=O) groups is 1. The number of ether oxygens (including phenoxy) is 2. The van der Waals surface area contributed by atoms with Gasteiger partial charge in [0.25, 0.3) is 0 Å². The van der Waals surface area contributed by atoms with Crippen LogP contribution in [0, 0.1) is 6.92 Å². The molecule has 0 unspecified atom stereocenters. The quantitative estimate of drug-likeness (QED) is 0.549. The predicted molar refractivity (Wildman–Crippen MR) is 93.6 cm³/mol. The Balaban J connectivity index is 2.08. The molecule has 0 saturated heterocycles. The topological polar surface area (TPSA) is 66.2 Å². The Labute approximate surface area is 150 Å². The number of carbonyl (C=O) groups excluding carboxylic acids is 1. The summed E-state index contributed by atoms with van der Waals surface area (Å²) in [5, 5.41) is 9.35. The molecule has 0 fully saturated rings. The summed E-state index contributed by atoms with van der Waals surface area (Å²) < 4.78 is 12.4. The van der Waals surface area contributed by atoms with E-state index in [0.717, 1.165) is 11.3 Å². The van der Waals surface area contributed by atoms with Crippen molar-refractivity contribution in [3.8, 4) is 5.75 Å².